The first-order chi connectivity index (χ1) is 7.34. The zero-order valence-electron chi connectivity index (χ0n) is 10.3. The fourth-order valence-corrected chi connectivity index (χ4v) is 1.98. The molecular weight excluding hydrogens is 204 g/mol. The number of imide groups is 1. The molecule has 1 aliphatic heterocycles. The predicted octanol–water partition coefficient (Wildman–Crippen LogP) is 1.71. The van der Waals surface area contributed by atoms with Gasteiger partial charge < -0.3 is 0 Å². The number of rotatable bonds is 3. The van der Waals surface area contributed by atoms with Crippen molar-refractivity contribution in [2.45, 2.75) is 46.6 Å². The number of carbonyl (C=O) groups excluding carboxylic acids is 2. The molecule has 0 spiro atoms. The molecule has 0 aromatic carbocycles. The van der Waals surface area contributed by atoms with E-state index < -0.39 is 5.41 Å². The Hall–Kier alpha value is -1.37. The molecule has 88 valence electrons. The van der Waals surface area contributed by atoms with E-state index in [0.29, 0.717) is 0 Å². The third kappa shape index (κ3) is 1.82. The van der Waals surface area contributed by atoms with Gasteiger partial charge in [0.15, 0.2) is 0 Å². The minimum absolute atomic E-state index is 0.128. The van der Waals surface area contributed by atoms with E-state index in [1.54, 1.807) is 6.92 Å². The Balaban J connectivity index is 2.96. The SMILES string of the molecule is CC(CC#N)N1C(=O)CC(C)(C(C)C)C1=O. The maximum Gasteiger partial charge on any atom is 0.236 e. The number of likely N-dealkylation sites (tertiary alicyclic amines) is 1. The standard InChI is InChI=1S/C12H18N2O2/c1-8(2)12(4)7-10(15)14(11(12)16)9(3)5-6-13/h8-9H,5,7H2,1-4H3. The highest BCUT2D eigenvalue weighted by molar-refractivity contribution is 6.06. The van der Waals surface area contributed by atoms with E-state index in [4.69, 9.17) is 5.26 Å². The summed E-state index contributed by atoms with van der Waals surface area (Å²) in [7, 11) is 0. The van der Waals surface area contributed by atoms with Crippen LogP contribution in [0.15, 0.2) is 0 Å². The molecule has 2 unspecified atom stereocenters. The van der Waals surface area contributed by atoms with Gasteiger partial charge in [-0.25, -0.2) is 0 Å². The number of nitrogens with zero attached hydrogens (tertiary/aromatic N) is 2. The maximum atomic E-state index is 12.2. The molecule has 16 heavy (non-hydrogen) atoms. The van der Waals surface area contributed by atoms with E-state index in [1.165, 1.54) is 4.90 Å². The molecule has 1 saturated heterocycles. The fraction of sp³-hybridized carbons (Fsp3) is 0.750. The van der Waals surface area contributed by atoms with Crippen LogP contribution in [0.4, 0.5) is 0 Å². The Kier molecular flexibility index (Phi) is 3.37. The molecule has 0 radical (unpaired) electrons. The molecule has 0 aromatic heterocycles. The largest absolute Gasteiger partial charge is 0.278 e. The van der Waals surface area contributed by atoms with Crippen LogP contribution in [0.1, 0.15) is 40.5 Å². The molecule has 1 aliphatic rings. The highest BCUT2D eigenvalue weighted by Crippen LogP contribution is 2.40. The van der Waals surface area contributed by atoms with Crippen molar-refractivity contribution in [1.29, 1.82) is 5.26 Å². The van der Waals surface area contributed by atoms with E-state index in [2.05, 4.69) is 0 Å². The first-order valence-electron chi connectivity index (χ1n) is 5.58. The Morgan fingerprint density at radius 3 is 2.38 bits per heavy atom. The fourth-order valence-electron chi connectivity index (χ4n) is 1.98. The Bertz CT molecular complexity index is 357. The molecule has 2 amide bonds. The molecule has 0 N–H and O–H groups in total. The zero-order chi connectivity index (χ0) is 12.5. The normalized spacial score (nSPS) is 27.4. The van der Waals surface area contributed by atoms with Gasteiger partial charge >= 0.3 is 0 Å². The van der Waals surface area contributed by atoms with Crippen LogP contribution in [-0.2, 0) is 9.59 Å². The van der Waals surface area contributed by atoms with E-state index in [-0.39, 0.29) is 36.6 Å². The number of nitriles is 1. The number of hydrogen-bond donors (Lipinski definition) is 0. The molecule has 4 nitrogen and oxygen atoms in total. The average molecular weight is 222 g/mol. The summed E-state index contributed by atoms with van der Waals surface area (Å²) in [5.74, 6) is -0.151. The summed E-state index contributed by atoms with van der Waals surface area (Å²) >= 11 is 0. The Labute approximate surface area is 96.2 Å². The van der Waals surface area contributed by atoms with Gasteiger partial charge in [-0.05, 0) is 19.8 Å². The lowest BCUT2D eigenvalue weighted by atomic mass is 9.78. The third-order valence-corrected chi connectivity index (χ3v) is 3.60. The van der Waals surface area contributed by atoms with Crippen LogP contribution in [0.25, 0.3) is 0 Å². The molecule has 0 aliphatic carbocycles. The maximum absolute atomic E-state index is 12.2. The minimum atomic E-state index is -0.596. The lowest BCUT2D eigenvalue weighted by Crippen LogP contribution is -2.41. The van der Waals surface area contributed by atoms with E-state index >= 15 is 0 Å². The lowest BCUT2D eigenvalue weighted by molar-refractivity contribution is -0.144. The monoisotopic (exact) mass is 222 g/mol. The van der Waals surface area contributed by atoms with Crippen molar-refractivity contribution in [3.63, 3.8) is 0 Å². The molecule has 0 bridgehead atoms. The average Bonchev–Trinajstić information content (AvgIpc) is 2.39. The van der Waals surface area contributed by atoms with Crippen LogP contribution < -0.4 is 0 Å². The molecule has 0 saturated carbocycles. The predicted molar refractivity (Wildman–Crippen MR) is 59.1 cm³/mol. The van der Waals surface area contributed by atoms with Crippen LogP contribution >= 0.6 is 0 Å². The van der Waals surface area contributed by atoms with Gasteiger partial charge in [0, 0.05) is 12.5 Å². The van der Waals surface area contributed by atoms with Gasteiger partial charge in [-0.3, -0.25) is 14.5 Å². The van der Waals surface area contributed by atoms with Crippen LogP contribution in [0.3, 0.4) is 0 Å². The zero-order valence-corrected chi connectivity index (χ0v) is 10.3. The van der Waals surface area contributed by atoms with Gasteiger partial charge in [0.1, 0.15) is 0 Å². The lowest BCUT2D eigenvalue weighted by Gasteiger charge is -2.27. The summed E-state index contributed by atoms with van der Waals surface area (Å²) in [5, 5.41) is 8.61. The van der Waals surface area contributed by atoms with Crippen molar-refractivity contribution < 1.29 is 9.59 Å². The second-order valence-corrected chi connectivity index (χ2v) is 5.03. The summed E-state index contributed by atoms with van der Waals surface area (Å²) in [6.07, 6.45) is 0.463. The topological polar surface area (TPSA) is 61.2 Å². The summed E-state index contributed by atoms with van der Waals surface area (Å²) in [4.78, 5) is 25.3. The number of amides is 2. The van der Waals surface area contributed by atoms with Crippen molar-refractivity contribution in [3.8, 4) is 6.07 Å². The van der Waals surface area contributed by atoms with Gasteiger partial charge in [0.25, 0.3) is 0 Å². The van der Waals surface area contributed by atoms with Crippen molar-refractivity contribution >= 4 is 11.8 Å². The first kappa shape index (κ1) is 12.7. The minimum Gasteiger partial charge on any atom is -0.278 e. The highest BCUT2D eigenvalue weighted by atomic mass is 16.2. The van der Waals surface area contributed by atoms with Crippen LogP contribution in [0.2, 0.25) is 0 Å². The summed E-state index contributed by atoms with van der Waals surface area (Å²) in [6.45, 7) is 7.47. The van der Waals surface area contributed by atoms with E-state index in [0.717, 1.165) is 0 Å². The van der Waals surface area contributed by atoms with Crippen molar-refractivity contribution in [2.24, 2.45) is 11.3 Å². The van der Waals surface area contributed by atoms with Gasteiger partial charge in [-0.1, -0.05) is 13.8 Å². The van der Waals surface area contributed by atoms with Crippen molar-refractivity contribution in [3.05, 3.63) is 0 Å². The Morgan fingerprint density at radius 1 is 1.44 bits per heavy atom. The molecule has 4 heteroatoms. The van der Waals surface area contributed by atoms with Crippen LogP contribution in [0, 0.1) is 22.7 Å². The van der Waals surface area contributed by atoms with Crippen molar-refractivity contribution in [1.82, 2.24) is 4.90 Å². The first-order valence-corrected chi connectivity index (χ1v) is 5.58. The van der Waals surface area contributed by atoms with Gasteiger partial charge in [0.05, 0.1) is 17.9 Å². The second kappa shape index (κ2) is 4.25. The molecule has 1 fully saturated rings. The van der Waals surface area contributed by atoms with Crippen molar-refractivity contribution in [2.75, 3.05) is 0 Å². The molecule has 0 aromatic rings. The summed E-state index contributed by atoms with van der Waals surface area (Å²) in [6, 6.07) is 1.68. The molecule has 1 heterocycles. The highest BCUT2D eigenvalue weighted by Gasteiger charge is 2.51. The number of hydrogen-bond acceptors (Lipinski definition) is 3. The van der Waals surface area contributed by atoms with Gasteiger partial charge in [-0.15, -0.1) is 0 Å². The van der Waals surface area contributed by atoms with Crippen LogP contribution in [0.5, 0.6) is 0 Å². The Morgan fingerprint density at radius 2 is 2.00 bits per heavy atom. The summed E-state index contributed by atoms with van der Waals surface area (Å²) in [5.41, 5.74) is -0.596. The number of carbonyl (C=O) groups is 2. The summed E-state index contributed by atoms with van der Waals surface area (Å²) < 4.78 is 0. The van der Waals surface area contributed by atoms with Crippen LogP contribution in [-0.4, -0.2) is 22.8 Å². The molecule has 2 atom stereocenters. The van der Waals surface area contributed by atoms with E-state index in [1.807, 2.05) is 26.8 Å². The van der Waals surface area contributed by atoms with Gasteiger partial charge in [-0.2, -0.15) is 5.26 Å². The third-order valence-electron chi connectivity index (χ3n) is 3.60. The molecule has 1 rings (SSSR count). The van der Waals surface area contributed by atoms with E-state index in [9.17, 15) is 9.59 Å². The second-order valence-electron chi connectivity index (χ2n) is 5.03. The quantitative estimate of drug-likeness (QED) is 0.683. The molecular formula is C12H18N2O2. The van der Waals surface area contributed by atoms with Gasteiger partial charge in [0.2, 0.25) is 11.8 Å². The smallest absolute Gasteiger partial charge is 0.236 e.